The minimum atomic E-state index is -0.522. The molecule has 5 rings (SSSR count). The quantitative estimate of drug-likeness (QED) is 0.259. The van der Waals surface area contributed by atoms with Crippen LogP contribution in [0, 0.1) is 18.2 Å². The molecule has 1 aliphatic rings. The fraction of sp³-hybridized carbons (Fsp3) is 0.333. The number of fused-ring (bicyclic) bond motifs is 1. The van der Waals surface area contributed by atoms with Crippen molar-refractivity contribution in [2.45, 2.75) is 33.1 Å². The summed E-state index contributed by atoms with van der Waals surface area (Å²) in [5.74, 6) is -0.217. The number of carbonyl (C=O) groups excluding carboxylic acids is 1. The highest BCUT2D eigenvalue weighted by Crippen LogP contribution is 2.47. The normalized spacial score (nSPS) is 13.9. The van der Waals surface area contributed by atoms with Gasteiger partial charge in [-0.05, 0) is 72.6 Å². The maximum Gasteiger partial charge on any atom is 0.319 e. The number of amides is 2. The van der Waals surface area contributed by atoms with E-state index in [0.29, 0.717) is 45.9 Å². The summed E-state index contributed by atoms with van der Waals surface area (Å²) >= 11 is 0. The summed E-state index contributed by atoms with van der Waals surface area (Å²) in [6, 6.07) is 7.99. The van der Waals surface area contributed by atoms with Crippen LogP contribution in [0.3, 0.4) is 0 Å². The molecule has 3 aromatic heterocycles. The van der Waals surface area contributed by atoms with E-state index in [2.05, 4.69) is 37.7 Å². The second-order valence-corrected chi connectivity index (χ2v) is 9.73. The largest absolute Gasteiger partial charge is 0.475 e. The maximum absolute atomic E-state index is 14.8. The molecule has 9 nitrogen and oxygen atoms in total. The van der Waals surface area contributed by atoms with E-state index < -0.39 is 11.8 Å². The zero-order valence-corrected chi connectivity index (χ0v) is 20.8. The van der Waals surface area contributed by atoms with Crippen LogP contribution in [-0.4, -0.2) is 51.1 Å². The van der Waals surface area contributed by atoms with Crippen LogP contribution in [0.5, 0.6) is 5.88 Å². The highest BCUT2D eigenvalue weighted by Gasteiger charge is 2.36. The molecule has 4 N–H and O–H groups in total. The molecule has 192 valence electrons. The number of H-pyrrole nitrogens is 1. The van der Waals surface area contributed by atoms with E-state index in [1.54, 1.807) is 31.5 Å². The lowest BCUT2D eigenvalue weighted by atomic mass is 9.98. The topological polar surface area (TPSA) is 125 Å². The van der Waals surface area contributed by atoms with E-state index in [1.807, 2.05) is 12.1 Å². The molecule has 1 fully saturated rings. The monoisotopic (exact) mass is 504 g/mol. The molecule has 0 bridgehead atoms. The highest BCUT2D eigenvalue weighted by atomic mass is 19.1. The van der Waals surface area contributed by atoms with E-state index in [4.69, 9.17) is 4.74 Å². The number of aliphatic hydroxyl groups excluding tert-OH is 1. The number of pyridine rings is 2. The average Bonchev–Trinajstić information content (AvgIpc) is 3.41. The Morgan fingerprint density at radius 1 is 1.24 bits per heavy atom. The van der Waals surface area contributed by atoms with E-state index in [0.717, 1.165) is 17.4 Å². The number of benzene rings is 1. The van der Waals surface area contributed by atoms with Crippen LogP contribution < -0.4 is 15.4 Å². The van der Waals surface area contributed by atoms with Crippen LogP contribution in [0.1, 0.15) is 31.7 Å². The van der Waals surface area contributed by atoms with Crippen molar-refractivity contribution in [1.29, 1.82) is 0 Å². The Morgan fingerprint density at radius 2 is 2.08 bits per heavy atom. The molecule has 0 atom stereocenters. The molecule has 1 saturated carbocycles. The maximum atomic E-state index is 14.8. The number of rotatable bonds is 9. The first-order valence-corrected chi connectivity index (χ1v) is 12.2. The number of nitrogens with one attached hydrogen (secondary N) is 3. The van der Waals surface area contributed by atoms with Gasteiger partial charge in [0, 0.05) is 29.8 Å². The van der Waals surface area contributed by atoms with Gasteiger partial charge in [-0.2, -0.15) is 5.10 Å². The summed E-state index contributed by atoms with van der Waals surface area (Å²) in [4.78, 5) is 21.4. The number of aromatic nitrogens is 4. The van der Waals surface area contributed by atoms with Gasteiger partial charge in [0.1, 0.15) is 12.4 Å². The molecule has 0 spiro atoms. The number of aryl methyl sites for hydroxylation is 1. The Balaban J connectivity index is 1.48. The van der Waals surface area contributed by atoms with Crippen LogP contribution in [0.25, 0.3) is 33.4 Å². The first kappa shape index (κ1) is 24.6. The van der Waals surface area contributed by atoms with Gasteiger partial charge in [-0.3, -0.25) is 5.10 Å². The fourth-order valence-corrected chi connectivity index (χ4v) is 4.28. The molecule has 2 amide bonds. The molecule has 1 aliphatic carbocycles. The summed E-state index contributed by atoms with van der Waals surface area (Å²) in [6.07, 6.45) is 6.59. The van der Waals surface area contributed by atoms with E-state index in [-0.39, 0.29) is 18.9 Å². The lowest BCUT2D eigenvalue weighted by Crippen LogP contribution is -2.30. The summed E-state index contributed by atoms with van der Waals surface area (Å²) < 4.78 is 20.5. The minimum absolute atomic E-state index is 0.0712. The lowest BCUT2D eigenvalue weighted by Gasteiger charge is -2.15. The Bertz CT molecular complexity index is 1450. The smallest absolute Gasteiger partial charge is 0.319 e. The van der Waals surface area contributed by atoms with Crippen molar-refractivity contribution in [2.75, 3.05) is 25.1 Å². The van der Waals surface area contributed by atoms with E-state index >= 15 is 0 Å². The number of hydrogen-bond acceptors (Lipinski definition) is 6. The SMILES string of the molecule is Cc1cc(F)c(NC(=O)NCCC2(C)CC2)cc1-c1cc(OCCO)nc(-c2ccnc3[nH]ncc23)c1. The fourth-order valence-electron chi connectivity index (χ4n) is 4.28. The number of aromatic amines is 1. The number of urea groups is 1. The molecule has 0 aliphatic heterocycles. The molecule has 10 heteroatoms. The third kappa shape index (κ3) is 5.54. The van der Waals surface area contributed by atoms with Crippen molar-refractivity contribution in [3.8, 4) is 28.3 Å². The van der Waals surface area contributed by atoms with Crippen LogP contribution >= 0.6 is 0 Å². The molecule has 37 heavy (non-hydrogen) atoms. The van der Waals surface area contributed by atoms with Crippen molar-refractivity contribution < 1.29 is 19.0 Å². The first-order valence-electron chi connectivity index (χ1n) is 12.2. The molecule has 0 unspecified atom stereocenters. The van der Waals surface area contributed by atoms with Crippen molar-refractivity contribution >= 4 is 22.8 Å². The summed E-state index contributed by atoms with van der Waals surface area (Å²) in [5, 5.41) is 22.4. The summed E-state index contributed by atoms with van der Waals surface area (Å²) in [7, 11) is 0. The molecule has 0 saturated heterocycles. The molecule has 3 heterocycles. The predicted octanol–water partition coefficient (Wildman–Crippen LogP) is 4.82. The number of ether oxygens (including phenoxy) is 1. The molecule has 1 aromatic carbocycles. The first-order chi connectivity index (χ1) is 17.8. The number of nitrogens with zero attached hydrogens (tertiary/aromatic N) is 3. The van der Waals surface area contributed by atoms with Crippen LogP contribution in [0.4, 0.5) is 14.9 Å². The van der Waals surface area contributed by atoms with E-state index in [1.165, 1.54) is 18.9 Å². The minimum Gasteiger partial charge on any atom is -0.475 e. The molecular formula is C27H29FN6O3. The van der Waals surface area contributed by atoms with Gasteiger partial charge in [0.25, 0.3) is 0 Å². The predicted molar refractivity (Wildman–Crippen MR) is 139 cm³/mol. The van der Waals surface area contributed by atoms with Gasteiger partial charge in [-0.1, -0.05) is 6.92 Å². The number of hydrogen-bond donors (Lipinski definition) is 4. The van der Waals surface area contributed by atoms with E-state index in [9.17, 15) is 14.3 Å². The summed E-state index contributed by atoms with van der Waals surface area (Å²) in [6.45, 7) is 4.44. The summed E-state index contributed by atoms with van der Waals surface area (Å²) in [5.41, 5.74) is 4.51. The molecule has 0 radical (unpaired) electrons. The van der Waals surface area contributed by atoms with Gasteiger partial charge in [-0.25, -0.2) is 19.2 Å². The van der Waals surface area contributed by atoms with Gasteiger partial charge in [0.15, 0.2) is 5.65 Å². The highest BCUT2D eigenvalue weighted by molar-refractivity contribution is 5.93. The number of aliphatic hydroxyl groups is 1. The standard InChI is InChI=1S/C27H29FN6O3/c1-16-11-21(28)23(33-26(36)30-8-6-27(2)4-5-27)14-19(16)17-12-22(32-24(13-17)37-10-9-35)18-3-7-29-25-20(18)15-31-34-25/h3,7,11-15,35H,4-6,8-10H2,1-2H3,(H,29,31,34)(H2,30,33,36). The third-order valence-electron chi connectivity index (χ3n) is 6.76. The molecular weight excluding hydrogens is 475 g/mol. The average molecular weight is 505 g/mol. The zero-order chi connectivity index (χ0) is 26.0. The second-order valence-electron chi connectivity index (χ2n) is 9.73. The number of anilines is 1. The lowest BCUT2D eigenvalue weighted by molar-refractivity contribution is 0.197. The van der Waals surface area contributed by atoms with Crippen LogP contribution in [-0.2, 0) is 0 Å². The Hall–Kier alpha value is -4.05. The Morgan fingerprint density at radius 3 is 2.86 bits per heavy atom. The van der Waals surface area contributed by atoms with Crippen molar-refractivity contribution in [1.82, 2.24) is 25.5 Å². The second kappa shape index (κ2) is 10.1. The van der Waals surface area contributed by atoms with Crippen LogP contribution in [0.15, 0.2) is 42.7 Å². The Kier molecular flexibility index (Phi) is 6.75. The van der Waals surface area contributed by atoms with Crippen molar-refractivity contribution in [3.05, 3.63) is 54.1 Å². The van der Waals surface area contributed by atoms with Crippen LogP contribution in [0.2, 0.25) is 0 Å². The zero-order valence-electron chi connectivity index (χ0n) is 20.8. The van der Waals surface area contributed by atoms with Crippen molar-refractivity contribution in [2.24, 2.45) is 5.41 Å². The van der Waals surface area contributed by atoms with Crippen molar-refractivity contribution in [3.63, 3.8) is 0 Å². The van der Waals surface area contributed by atoms with Gasteiger partial charge >= 0.3 is 6.03 Å². The van der Waals surface area contributed by atoms with Gasteiger partial charge in [0.05, 0.1) is 24.2 Å². The molecule has 4 aromatic rings. The third-order valence-corrected chi connectivity index (χ3v) is 6.76. The number of halogens is 1. The van der Waals surface area contributed by atoms with Gasteiger partial charge < -0.3 is 20.5 Å². The number of carbonyl (C=O) groups is 1. The Labute approximate surface area is 213 Å². The van der Waals surface area contributed by atoms with Gasteiger partial charge in [-0.15, -0.1) is 0 Å². The van der Waals surface area contributed by atoms with Gasteiger partial charge in [0.2, 0.25) is 5.88 Å².